The highest BCUT2D eigenvalue weighted by Gasteiger charge is 2.68. The molecular formula is C31H46N2O2. The Labute approximate surface area is 212 Å². The third kappa shape index (κ3) is 3.32. The molecule has 5 aliphatic rings. The molecular weight excluding hydrogens is 432 g/mol. The number of Topliss-reactive ketones (excluding diaryl/α,β-unsaturated/α-hetero) is 2. The van der Waals surface area contributed by atoms with Crippen LogP contribution in [0.15, 0.2) is 11.6 Å². The predicted octanol–water partition coefficient (Wildman–Crippen LogP) is 6.12. The molecule has 0 aromatic carbocycles. The van der Waals surface area contributed by atoms with Crippen LogP contribution in [0.1, 0.15) is 92.9 Å². The molecule has 8 atom stereocenters. The van der Waals surface area contributed by atoms with Gasteiger partial charge in [-0.3, -0.25) is 9.59 Å². The Kier molecular flexibility index (Phi) is 5.59. The van der Waals surface area contributed by atoms with Gasteiger partial charge in [-0.05, 0) is 97.3 Å². The molecule has 0 aliphatic heterocycles. The van der Waals surface area contributed by atoms with Gasteiger partial charge in [-0.2, -0.15) is 5.26 Å². The van der Waals surface area contributed by atoms with Crippen molar-refractivity contribution in [1.82, 2.24) is 5.32 Å². The molecule has 5 rings (SSSR count). The molecule has 0 radical (unpaired) electrons. The fourth-order valence-corrected chi connectivity index (χ4v) is 10.7. The predicted molar refractivity (Wildman–Crippen MR) is 138 cm³/mol. The number of rotatable bonds is 2. The molecule has 4 nitrogen and oxygen atoms in total. The average Bonchev–Trinajstić information content (AvgIpc) is 2.78. The lowest BCUT2D eigenvalue weighted by molar-refractivity contribution is -0.190. The van der Waals surface area contributed by atoms with Gasteiger partial charge in [0, 0.05) is 24.3 Å². The summed E-state index contributed by atoms with van der Waals surface area (Å²) in [7, 11) is 2.07. The van der Waals surface area contributed by atoms with Gasteiger partial charge < -0.3 is 5.32 Å². The van der Waals surface area contributed by atoms with E-state index in [4.69, 9.17) is 0 Å². The molecule has 192 valence electrons. The van der Waals surface area contributed by atoms with Crippen LogP contribution in [-0.2, 0) is 9.59 Å². The third-order valence-corrected chi connectivity index (χ3v) is 12.4. The van der Waals surface area contributed by atoms with Gasteiger partial charge >= 0.3 is 0 Å². The van der Waals surface area contributed by atoms with Crippen molar-refractivity contribution < 1.29 is 9.59 Å². The van der Waals surface area contributed by atoms with Crippen LogP contribution >= 0.6 is 0 Å². The van der Waals surface area contributed by atoms with E-state index in [1.165, 1.54) is 19.3 Å². The van der Waals surface area contributed by atoms with E-state index >= 15 is 0 Å². The van der Waals surface area contributed by atoms with E-state index < -0.39 is 5.41 Å². The first-order valence-corrected chi connectivity index (χ1v) is 14.1. The summed E-state index contributed by atoms with van der Waals surface area (Å²) < 4.78 is 0. The smallest absolute Gasteiger partial charge is 0.178 e. The highest BCUT2D eigenvalue weighted by molar-refractivity contribution is 6.04. The Balaban J connectivity index is 1.58. The van der Waals surface area contributed by atoms with Crippen LogP contribution in [0, 0.1) is 68.0 Å². The number of fused-ring (bicyclic) bond motifs is 7. The maximum absolute atomic E-state index is 14.3. The lowest BCUT2D eigenvalue weighted by Crippen LogP contribution is -2.65. The minimum Gasteiger partial charge on any atom is -0.319 e. The number of hydrogen-bond donors (Lipinski definition) is 1. The molecule has 4 heteroatoms. The first-order chi connectivity index (χ1) is 16.3. The molecule has 0 aromatic rings. The first kappa shape index (κ1) is 25.2. The van der Waals surface area contributed by atoms with Crippen molar-refractivity contribution in [2.45, 2.75) is 92.9 Å². The maximum Gasteiger partial charge on any atom is 0.178 e. The van der Waals surface area contributed by atoms with Crippen molar-refractivity contribution in [1.29, 1.82) is 5.26 Å². The fraction of sp³-hybridized carbons (Fsp3) is 0.839. The van der Waals surface area contributed by atoms with E-state index in [1.807, 2.05) is 19.9 Å². The lowest BCUT2D eigenvalue weighted by Gasteiger charge is -2.68. The molecule has 0 saturated heterocycles. The number of nitriles is 1. The zero-order chi connectivity index (χ0) is 25.6. The Hall–Kier alpha value is -1.47. The number of carbonyl (C=O) groups is 2. The van der Waals surface area contributed by atoms with Crippen LogP contribution in [0.5, 0.6) is 0 Å². The number of allylic oxidation sites excluding steroid dienone is 2. The summed E-state index contributed by atoms with van der Waals surface area (Å²) >= 11 is 0. The summed E-state index contributed by atoms with van der Waals surface area (Å²) in [5.41, 5.74) is 0.0878. The highest BCUT2D eigenvalue weighted by atomic mass is 16.1. The molecule has 0 heterocycles. The average molecular weight is 479 g/mol. The Bertz CT molecular complexity index is 1020. The second kappa shape index (κ2) is 7.77. The minimum atomic E-state index is -0.558. The van der Waals surface area contributed by atoms with Crippen LogP contribution in [0.2, 0.25) is 0 Å². The van der Waals surface area contributed by atoms with Crippen molar-refractivity contribution in [2.75, 3.05) is 13.6 Å². The van der Waals surface area contributed by atoms with Crippen LogP contribution in [0.25, 0.3) is 0 Å². The molecule has 0 aromatic heterocycles. The summed E-state index contributed by atoms with van der Waals surface area (Å²) in [4.78, 5) is 27.4. The quantitative estimate of drug-likeness (QED) is 0.519. The van der Waals surface area contributed by atoms with Gasteiger partial charge in [-0.25, -0.2) is 0 Å². The Morgan fingerprint density at radius 1 is 0.971 bits per heavy atom. The van der Waals surface area contributed by atoms with Gasteiger partial charge in [0.25, 0.3) is 0 Å². The van der Waals surface area contributed by atoms with Gasteiger partial charge in [0.2, 0.25) is 0 Å². The number of nitrogens with zero attached hydrogens (tertiary/aromatic N) is 1. The fourth-order valence-electron chi connectivity index (χ4n) is 10.7. The molecule has 0 bridgehead atoms. The standard InChI is InChI=1S/C31H46N2O2/c1-27(2)12-13-31(18-33-7)11-8-20-25(21(31)16-27)22(34)14-24-29(20,5)10-9-23-28(3,4)26(35)19(17-32)15-30(23,24)6/h15,20-21,23-25,33H,8-14,16,18H2,1-7H3. The van der Waals surface area contributed by atoms with Crippen LogP contribution in [-0.4, -0.2) is 25.2 Å². The third-order valence-electron chi connectivity index (χ3n) is 12.4. The SMILES string of the molecule is CNCC12CCC3C(C(=O)CC4C5(C)C=C(C#N)C(=O)C(C)(C)C5CCC34C)C1CC(C)(C)CC2. The molecule has 4 fully saturated rings. The Morgan fingerprint density at radius 2 is 1.69 bits per heavy atom. The molecule has 8 unspecified atom stereocenters. The van der Waals surface area contributed by atoms with E-state index in [2.05, 4.69) is 46.1 Å². The monoisotopic (exact) mass is 478 g/mol. The lowest BCUT2D eigenvalue weighted by atomic mass is 9.35. The van der Waals surface area contributed by atoms with Crippen molar-refractivity contribution >= 4 is 11.6 Å². The summed E-state index contributed by atoms with van der Waals surface area (Å²) in [6, 6.07) is 2.23. The highest BCUT2D eigenvalue weighted by Crippen LogP contribution is 2.71. The van der Waals surface area contributed by atoms with Crippen molar-refractivity contribution in [2.24, 2.45) is 56.7 Å². The Morgan fingerprint density at radius 3 is 2.34 bits per heavy atom. The summed E-state index contributed by atoms with van der Waals surface area (Å²) in [5.74, 6) is 1.89. The number of ketones is 2. The van der Waals surface area contributed by atoms with Crippen molar-refractivity contribution in [3.8, 4) is 6.07 Å². The summed E-state index contributed by atoms with van der Waals surface area (Å²) in [6.45, 7) is 14.7. The minimum absolute atomic E-state index is 0.00922. The zero-order valence-corrected chi connectivity index (χ0v) is 23.1. The molecule has 0 spiro atoms. The van der Waals surface area contributed by atoms with Gasteiger partial charge in [0.05, 0.1) is 5.57 Å². The molecule has 35 heavy (non-hydrogen) atoms. The first-order valence-electron chi connectivity index (χ1n) is 14.1. The van der Waals surface area contributed by atoms with Crippen molar-refractivity contribution in [3.63, 3.8) is 0 Å². The van der Waals surface area contributed by atoms with Crippen LogP contribution < -0.4 is 5.32 Å². The van der Waals surface area contributed by atoms with Crippen molar-refractivity contribution in [3.05, 3.63) is 11.6 Å². The number of nitrogens with one attached hydrogen (secondary N) is 1. The topological polar surface area (TPSA) is 70.0 Å². The molecule has 5 aliphatic carbocycles. The van der Waals surface area contributed by atoms with Gasteiger partial charge in [-0.15, -0.1) is 0 Å². The van der Waals surface area contributed by atoms with E-state index in [0.29, 0.717) is 35.0 Å². The van der Waals surface area contributed by atoms with E-state index in [1.54, 1.807) is 0 Å². The molecule has 0 amide bonds. The second-order valence-electron chi connectivity index (χ2n) is 14.9. The second-order valence-corrected chi connectivity index (χ2v) is 14.9. The summed E-state index contributed by atoms with van der Waals surface area (Å²) in [5, 5.41) is 13.4. The summed E-state index contributed by atoms with van der Waals surface area (Å²) in [6.07, 6.45) is 10.7. The normalized spacial score (nSPS) is 47.9. The van der Waals surface area contributed by atoms with Crippen LogP contribution in [0.4, 0.5) is 0 Å². The maximum atomic E-state index is 14.3. The number of carbonyl (C=O) groups excluding carboxylic acids is 2. The number of hydrogen-bond acceptors (Lipinski definition) is 4. The van der Waals surface area contributed by atoms with Crippen LogP contribution in [0.3, 0.4) is 0 Å². The largest absolute Gasteiger partial charge is 0.319 e. The van der Waals surface area contributed by atoms with E-state index in [-0.39, 0.29) is 39.8 Å². The zero-order valence-electron chi connectivity index (χ0n) is 23.1. The van der Waals surface area contributed by atoms with Gasteiger partial charge in [0.1, 0.15) is 11.9 Å². The van der Waals surface area contributed by atoms with E-state index in [9.17, 15) is 14.9 Å². The van der Waals surface area contributed by atoms with Gasteiger partial charge in [-0.1, -0.05) is 47.6 Å². The molecule has 1 N–H and O–H groups in total. The van der Waals surface area contributed by atoms with E-state index in [0.717, 1.165) is 32.2 Å². The van der Waals surface area contributed by atoms with Gasteiger partial charge in [0.15, 0.2) is 5.78 Å². The molecule has 4 saturated carbocycles.